The highest BCUT2D eigenvalue weighted by Gasteiger charge is 2.18. The number of hydrogen-bond acceptors (Lipinski definition) is 4. The number of carboxylic acid groups (broad SMARTS) is 1. The molecule has 0 aliphatic carbocycles. The Morgan fingerprint density at radius 3 is 2.67 bits per heavy atom. The molecule has 2 aromatic carbocycles. The van der Waals surface area contributed by atoms with Gasteiger partial charge in [-0.25, -0.2) is 4.79 Å². The lowest BCUT2D eigenvalue weighted by Gasteiger charge is -2.09. The Bertz CT molecular complexity index is 702. The van der Waals surface area contributed by atoms with Crippen LogP contribution in [0.3, 0.4) is 0 Å². The van der Waals surface area contributed by atoms with Crippen LogP contribution in [0.2, 0.25) is 0 Å². The highest BCUT2D eigenvalue weighted by Crippen LogP contribution is 2.35. The first kappa shape index (κ1) is 15.0. The summed E-state index contributed by atoms with van der Waals surface area (Å²) in [6.07, 6.45) is 0. The average Bonchev–Trinajstić information content (AvgIpc) is 2.46. The highest BCUT2D eigenvalue weighted by molar-refractivity contribution is 9.10. The minimum atomic E-state index is -1.04. The van der Waals surface area contributed by atoms with Crippen molar-refractivity contribution in [3.8, 4) is 5.75 Å². The number of nitro benzene ring substituents is 1. The van der Waals surface area contributed by atoms with Crippen molar-refractivity contribution >= 4 is 27.6 Å². The first-order chi connectivity index (χ1) is 9.99. The van der Waals surface area contributed by atoms with Gasteiger partial charge in [0.1, 0.15) is 6.61 Å². The normalized spacial score (nSPS) is 10.1. The molecule has 7 heteroatoms. The lowest BCUT2D eigenvalue weighted by atomic mass is 10.1. The van der Waals surface area contributed by atoms with Gasteiger partial charge in [0.05, 0.1) is 15.0 Å². The predicted molar refractivity (Wildman–Crippen MR) is 78.5 cm³/mol. The molecule has 0 spiro atoms. The zero-order valence-electron chi connectivity index (χ0n) is 10.7. The fourth-order valence-corrected chi connectivity index (χ4v) is 2.20. The number of rotatable bonds is 5. The van der Waals surface area contributed by atoms with E-state index < -0.39 is 10.9 Å². The Morgan fingerprint density at radius 1 is 1.29 bits per heavy atom. The third kappa shape index (κ3) is 3.57. The maximum atomic E-state index is 11.0. The number of benzene rings is 2. The van der Waals surface area contributed by atoms with E-state index >= 15 is 0 Å². The first-order valence-corrected chi connectivity index (χ1v) is 6.66. The Labute approximate surface area is 128 Å². The van der Waals surface area contributed by atoms with E-state index in [2.05, 4.69) is 15.9 Å². The van der Waals surface area contributed by atoms with Crippen molar-refractivity contribution in [1.29, 1.82) is 0 Å². The molecule has 0 radical (unpaired) electrons. The van der Waals surface area contributed by atoms with Crippen LogP contribution in [-0.4, -0.2) is 16.0 Å². The van der Waals surface area contributed by atoms with Gasteiger partial charge in [-0.1, -0.05) is 18.2 Å². The molecule has 0 bridgehead atoms. The van der Waals surface area contributed by atoms with Crippen LogP contribution < -0.4 is 4.74 Å². The molecule has 0 amide bonds. The van der Waals surface area contributed by atoms with Crippen LogP contribution in [0.1, 0.15) is 15.9 Å². The van der Waals surface area contributed by atoms with E-state index in [1.165, 1.54) is 18.2 Å². The molecule has 6 nitrogen and oxygen atoms in total. The SMILES string of the molecule is O=C(O)c1cccc(COc2c(Br)cccc2[N+](=O)[O-])c1. The van der Waals surface area contributed by atoms with Gasteiger partial charge in [-0.2, -0.15) is 0 Å². The molecule has 0 aliphatic rings. The molecule has 0 saturated carbocycles. The number of nitro groups is 1. The summed E-state index contributed by atoms with van der Waals surface area (Å²) in [4.78, 5) is 21.3. The second-order valence-electron chi connectivity index (χ2n) is 4.14. The minimum Gasteiger partial charge on any atom is -0.481 e. The van der Waals surface area contributed by atoms with Gasteiger partial charge in [-0.05, 0) is 39.7 Å². The maximum Gasteiger partial charge on any atom is 0.335 e. The Balaban J connectivity index is 2.22. The van der Waals surface area contributed by atoms with Crippen LogP contribution in [0.4, 0.5) is 5.69 Å². The Hall–Kier alpha value is -2.41. The molecule has 0 fully saturated rings. The molecule has 108 valence electrons. The van der Waals surface area contributed by atoms with Gasteiger partial charge in [0, 0.05) is 6.07 Å². The van der Waals surface area contributed by atoms with E-state index in [-0.39, 0.29) is 23.6 Å². The first-order valence-electron chi connectivity index (χ1n) is 5.87. The third-order valence-corrected chi connectivity index (χ3v) is 3.32. The van der Waals surface area contributed by atoms with Gasteiger partial charge < -0.3 is 9.84 Å². The van der Waals surface area contributed by atoms with Gasteiger partial charge in [0.15, 0.2) is 0 Å². The Kier molecular flexibility index (Phi) is 4.54. The average molecular weight is 352 g/mol. The molecule has 0 heterocycles. The molecular formula is C14H10BrNO5. The molecule has 2 rings (SSSR count). The van der Waals surface area contributed by atoms with Crippen molar-refractivity contribution in [3.05, 3.63) is 68.2 Å². The number of halogens is 1. The van der Waals surface area contributed by atoms with Crippen LogP contribution in [-0.2, 0) is 6.61 Å². The van der Waals surface area contributed by atoms with Crippen LogP contribution >= 0.6 is 15.9 Å². The molecule has 0 aliphatic heterocycles. The van der Waals surface area contributed by atoms with Crippen molar-refractivity contribution in [2.75, 3.05) is 0 Å². The lowest BCUT2D eigenvalue weighted by molar-refractivity contribution is -0.386. The topological polar surface area (TPSA) is 89.7 Å². The largest absolute Gasteiger partial charge is 0.481 e. The van der Waals surface area contributed by atoms with Gasteiger partial charge in [-0.3, -0.25) is 10.1 Å². The number of aromatic carboxylic acids is 1. The third-order valence-electron chi connectivity index (χ3n) is 2.70. The molecule has 0 atom stereocenters. The van der Waals surface area contributed by atoms with Gasteiger partial charge in [0.2, 0.25) is 5.75 Å². The van der Waals surface area contributed by atoms with Gasteiger partial charge >= 0.3 is 11.7 Å². The standard InChI is InChI=1S/C14H10BrNO5/c15-11-5-2-6-12(16(19)20)13(11)21-8-9-3-1-4-10(7-9)14(17)18/h1-7H,8H2,(H,17,18). The molecule has 0 unspecified atom stereocenters. The number of ether oxygens (including phenoxy) is 1. The summed E-state index contributed by atoms with van der Waals surface area (Å²) in [5, 5.41) is 19.9. The zero-order chi connectivity index (χ0) is 15.4. The minimum absolute atomic E-state index is 0.0323. The van der Waals surface area contributed by atoms with E-state index in [1.54, 1.807) is 24.3 Å². The van der Waals surface area contributed by atoms with Crippen LogP contribution in [0, 0.1) is 10.1 Å². The van der Waals surface area contributed by atoms with E-state index in [0.717, 1.165) is 0 Å². The van der Waals surface area contributed by atoms with Gasteiger partial charge in [-0.15, -0.1) is 0 Å². The molecule has 2 aromatic rings. The number of carboxylic acids is 1. The van der Waals surface area contributed by atoms with Crippen molar-refractivity contribution in [1.82, 2.24) is 0 Å². The molecular weight excluding hydrogens is 342 g/mol. The van der Waals surface area contributed by atoms with Crippen LogP contribution in [0.25, 0.3) is 0 Å². The second kappa shape index (κ2) is 6.36. The fraction of sp³-hybridized carbons (Fsp3) is 0.0714. The van der Waals surface area contributed by atoms with Crippen molar-refractivity contribution < 1.29 is 19.6 Å². The predicted octanol–water partition coefficient (Wildman–Crippen LogP) is 3.63. The monoisotopic (exact) mass is 351 g/mol. The fourth-order valence-electron chi connectivity index (χ4n) is 1.73. The maximum absolute atomic E-state index is 11.0. The van der Waals surface area contributed by atoms with E-state index in [1.807, 2.05) is 0 Å². The van der Waals surface area contributed by atoms with E-state index in [9.17, 15) is 14.9 Å². The number of para-hydroxylation sites is 1. The summed E-state index contributed by atoms with van der Waals surface area (Å²) >= 11 is 3.20. The van der Waals surface area contributed by atoms with Gasteiger partial charge in [0.25, 0.3) is 0 Å². The summed E-state index contributed by atoms with van der Waals surface area (Å²) < 4.78 is 5.93. The number of hydrogen-bond donors (Lipinski definition) is 1. The number of nitrogens with zero attached hydrogens (tertiary/aromatic N) is 1. The molecule has 0 saturated heterocycles. The van der Waals surface area contributed by atoms with Crippen molar-refractivity contribution in [2.24, 2.45) is 0 Å². The summed E-state index contributed by atoms with van der Waals surface area (Å²) in [7, 11) is 0. The Morgan fingerprint density at radius 2 is 2.00 bits per heavy atom. The zero-order valence-corrected chi connectivity index (χ0v) is 12.2. The summed E-state index contributed by atoms with van der Waals surface area (Å²) in [5.74, 6) is -0.924. The summed E-state index contributed by atoms with van der Waals surface area (Å²) in [5.41, 5.74) is 0.594. The second-order valence-corrected chi connectivity index (χ2v) is 4.99. The van der Waals surface area contributed by atoms with E-state index in [0.29, 0.717) is 10.0 Å². The van der Waals surface area contributed by atoms with Crippen LogP contribution in [0.15, 0.2) is 46.9 Å². The smallest absolute Gasteiger partial charge is 0.335 e. The quantitative estimate of drug-likeness (QED) is 0.656. The highest BCUT2D eigenvalue weighted by atomic mass is 79.9. The molecule has 0 aromatic heterocycles. The van der Waals surface area contributed by atoms with Crippen molar-refractivity contribution in [2.45, 2.75) is 6.61 Å². The van der Waals surface area contributed by atoms with Crippen molar-refractivity contribution in [3.63, 3.8) is 0 Å². The molecule has 21 heavy (non-hydrogen) atoms. The summed E-state index contributed by atoms with van der Waals surface area (Å²) in [6, 6.07) is 10.7. The van der Waals surface area contributed by atoms with E-state index in [4.69, 9.17) is 9.84 Å². The van der Waals surface area contributed by atoms with Crippen LogP contribution in [0.5, 0.6) is 5.75 Å². The molecule has 1 N–H and O–H groups in total. The lowest BCUT2D eigenvalue weighted by Crippen LogP contribution is -2.02. The summed E-state index contributed by atoms with van der Waals surface area (Å²) in [6.45, 7) is 0.0323. The number of carbonyl (C=O) groups is 1.